The summed E-state index contributed by atoms with van der Waals surface area (Å²) < 4.78 is 72.2. The molecule has 8 aromatic carbocycles. The Balaban J connectivity index is 1.24. The maximum absolute atomic E-state index is 9.16. The van der Waals surface area contributed by atoms with E-state index in [1.165, 1.54) is 4.57 Å². The van der Waals surface area contributed by atoms with Crippen molar-refractivity contribution < 1.29 is 11.0 Å². The Bertz CT molecular complexity index is 3220. The van der Waals surface area contributed by atoms with Crippen molar-refractivity contribution in [1.29, 1.82) is 0 Å². The smallest absolute Gasteiger partial charge is 0.164 e. The first-order valence-electron chi connectivity index (χ1n) is 21.9. The zero-order chi connectivity index (χ0) is 43.5. The fourth-order valence-electron chi connectivity index (χ4n) is 6.99. The van der Waals surface area contributed by atoms with E-state index in [4.69, 9.17) is 25.9 Å². The summed E-state index contributed by atoms with van der Waals surface area (Å²) in [6.45, 7) is 0. The Morgan fingerprint density at radius 2 is 0.673 bits per heavy atom. The molecule has 4 heteroatoms. The van der Waals surface area contributed by atoms with Crippen LogP contribution < -0.4 is 0 Å². The first-order chi connectivity index (χ1) is 30.6. The Labute approximate surface area is 331 Å². The molecule has 0 aliphatic heterocycles. The number of hydrogen-bond donors (Lipinski definition) is 0. The summed E-state index contributed by atoms with van der Waals surface area (Å²) in [5.74, 6) is 1.17. The van der Waals surface area contributed by atoms with Gasteiger partial charge in [-0.1, -0.05) is 176 Å². The minimum absolute atomic E-state index is 0.00250. The van der Waals surface area contributed by atoms with Crippen LogP contribution in [0.2, 0.25) is 0 Å². The second-order valence-corrected chi connectivity index (χ2v) is 13.1. The lowest BCUT2D eigenvalue weighted by Crippen LogP contribution is -2.02. The molecule has 4 nitrogen and oxygen atoms in total. The largest absolute Gasteiger partial charge is 0.309 e. The highest BCUT2D eigenvalue weighted by Gasteiger charge is 2.18. The van der Waals surface area contributed by atoms with E-state index < -0.39 is 36.3 Å². The molecular weight excluding hydrogens is 669 g/mol. The monoisotopic (exact) mass is 710 g/mol. The number of fused-ring (bicyclic) bond motifs is 3. The standard InChI is InChI=1S/C51H34N4/c1-4-14-35(15-5-1)38-24-28-40(29-25-38)49-52-50(41-30-26-39(27-31-41)36-16-6-2-7-17-36)54-51(53-49)43-32-42(37-18-8-3-9-19-37)33-44(34-43)55-47-22-12-10-20-45(47)46-21-11-13-23-48(46)55/h1-34H/i10D,11D,12D,13D,20D,21D,22D,23D. The molecule has 0 aliphatic carbocycles. The second kappa shape index (κ2) is 13.8. The summed E-state index contributed by atoms with van der Waals surface area (Å²) in [6.07, 6.45) is 0. The van der Waals surface area contributed by atoms with Crippen LogP contribution in [-0.4, -0.2) is 19.5 Å². The van der Waals surface area contributed by atoms with Crippen molar-refractivity contribution >= 4 is 21.8 Å². The van der Waals surface area contributed by atoms with Gasteiger partial charge in [0.2, 0.25) is 0 Å². The average molecular weight is 711 g/mol. The van der Waals surface area contributed by atoms with Gasteiger partial charge in [-0.2, -0.15) is 0 Å². The van der Waals surface area contributed by atoms with Crippen molar-refractivity contribution in [3.8, 4) is 73.2 Å². The first kappa shape index (κ1) is 24.7. The zero-order valence-corrected chi connectivity index (χ0v) is 29.3. The van der Waals surface area contributed by atoms with Gasteiger partial charge in [0.15, 0.2) is 17.5 Å². The predicted molar refractivity (Wildman–Crippen MR) is 227 cm³/mol. The molecular formula is C51H34N4. The minimum Gasteiger partial charge on any atom is -0.309 e. The molecule has 0 N–H and O–H groups in total. The summed E-state index contributed by atoms with van der Waals surface area (Å²) in [5.41, 5.74) is 8.23. The number of benzene rings is 8. The van der Waals surface area contributed by atoms with Crippen LogP contribution in [0, 0.1) is 0 Å². The van der Waals surface area contributed by atoms with E-state index in [1.807, 2.05) is 127 Å². The maximum Gasteiger partial charge on any atom is 0.164 e. The summed E-state index contributed by atoms with van der Waals surface area (Å²) >= 11 is 0. The quantitative estimate of drug-likeness (QED) is 0.165. The third-order valence-electron chi connectivity index (χ3n) is 9.71. The van der Waals surface area contributed by atoms with Gasteiger partial charge in [0.1, 0.15) is 0 Å². The van der Waals surface area contributed by atoms with E-state index in [1.54, 1.807) is 6.07 Å². The molecule has 10 aromatic rings. The normalized spacial score (nSPS) is 13.3. The highest BCUT2D eigenvalue weighted by Crippen LogP contribution is 2.36. The summed E-state index contributed by atoms with van der Waals surface area (Å²) in [7, 11) is 0. The highest BCUT2D eigenvalue weighted by molar-refractivity contribution is 6.09. The van der Waals surface area contributed by atoms with Crippen molar-refractivity contribution in [3.63, 3.8) is 0 Å². The molecule has 0 amide bonds. The van der Waals surface area contributed by atoms with Gasteiger partial charge in [-0.15, -0.1) is 0 Å². The van der Waals surface area contributed by atoms with Gasteiger partial charge in [-0.25, -0.2) is 15.0 Å². The number of para-hydroxylation sites is 2. The lowest BCUT2D eigenvalue weighted by Gasteiger charge is -2.14. The van der Waals surface area contributed by atoms with E-state index in [0.717, 1.165) is 38.9 Å². The topological polar surface area (TPSA) is 43.6 Å². The van der Waals surface area contributed by atoms with Crippen LogP contribution in [0.1, 0.15) is 11.0 Å². The van der Waals surface area contributed by atoms with Crippen LogP contribution in [0.15, 0.2) is 206 Å². The number of aromatic nitrogens is 4. The molecule has 2 aromatic heterocycles. The van der Waals surface area contributed by atoms with Crippen molar-refractivity contribution in [1.82, 2.24) is 19.5 Å². The fourth-order valence-corrected chi connectivity index (χ4v) is 6.99. The lowest BCUT2D eigenvalue weighted by atomic mass is 10.0. The van der Waals surface area contributed by atoms with Gasteiger partial charge in [-0.05, 0) is 63.7 Å². The Kier molecular flexibility index (Phi) is 6.23. The zero-order valence-electron chi connectivity index (χ0n) is 37.3. The average Bonchev–Trinajstić information content (AvgIpc) is 3.71. The molecule has 258 valence electrons. The Hall–Kier alpha value is -7.43. The molecule has 0 aliphatic rings. The van der Waals surface area contributed by atoms with Gasteiger partial charge in [0.25, 0.3) is 0 Å². The molecule has 2 heterocycles. The van der Waals surface area contributed by atoms with Gasteiger partial charge in [-0.3, -0.25) is 0 Å². The molecule has 0 fully saturated rings. The third kappa shape index (κ3) is 6.16. The van der Waals surface area contributed by atoms with E-state index in [-0.39, 0.29) is 33.9 Å². The van der Waals surface area contributed by atoms with E-state index >= 15 is 0 Å². The van der Waals surface area contributed by atoms with E-state index in [9.17, 15) is 0 Å². The number of hydrogen-bond acceptors (Lipinski definition) is 3. The van der Waals surface area contributed by atoms with Crippen molar-refractivity contribution in [2.45, 2.75) is 0 Å². The minimum atomic E-state index is -0.503. The van der Waals surface area contributed by atoms with Crippen LogP contribution >= 0.6 is 0 Å². The summed E-state index contributed by atoms with van der Waals surface area (Å²) in [6, 6.07) is 47.8. The first-order valence-corrected chi connectivity index (χ1v) is 17.9. The molecule has 0 radical (unpaired) electrons. The van der Waals surface area contributed by atoms with Crippen molar-refractivity contribution in [2.75, 3.05) is 0 Å². The Morgan fingerprint density at radius 3 is 1.13 bits per heavy atom. The van der Waals surface area contributed by atoms with Crippen molar-refractivity contribution in [3.05, 3.63) is 206 Å². The van der Waals surface area contributed by atoms with E-state index in [0.29, 0.717) is 34.3 Å². The van der Waals surface area contributed by atoms with Crippen LogP contribution in [0.4, 0.5) is 0 Å². The predicted octanol–water partition coefficient (Wildman–Crippen LogP) is 13.0. The summed E-state index contributed by atoms with van der Waals surface area (Å²) in [5, 5.41) is -0.00501. The fraction of sp³-hybridized carbons (Fsp3) is 0. The Morgan fingerprint density at radius 1 is 0.327 bits per heavy atom. The van der Waals surface area contributed by atoms with Crippen LogP contribution in [0.5, 0.6) is 0 Å². The molecule has 0 unspecified atom stereocenters. The van der Waals surface area contributed by atoms with Gasteiger partial charge >= 0.3 is 0 Å². The number of rotatable bonds is 7. The number of nitrogens with zero attached hydrogens (tertiary/aromatic N) is 4. The molecule has 55 heavy (non-hydrogen) atoms. The highest BCUT2D eigenvalue weighted by atomic mass is 15.0. The van der Waals surface area contributed by atoms with Gasteiger partial charge in [0, 0.05) is 33.2 Å². The molecule has 10 rings (SSSR count). The van der Waals surface area contributed by atoms with Crippen LogP contribution in [-0.2, 0) is 0 Å². The SMILES string of the molecule is [2H]c1c([2H])c([2H])c2c(c1[2H])c1c([2H])c([2H])c([2H])c([2H])c1n2-c1cc(-c2ccccc2)cc(-c2nc(-c3ccc(-c4ccccc4)cc3)nc(-c3ccc(-c4ccccc4)cc3)n2)c1. The van der Waals surface area contributed by atoms with Gasteiger partial charge in [0.05, 0.1) is 22.0 Å². The molecule has 0 saturated carbocycles. The second-order valence-electron chi connectivity index (χ2n) is 13.1. The van der Waals surface area contributed by atoms with Crippen molar-refractivity contribution in [2.24, 2.45) is 0 Å². The maximum atomic E-state index is 9.16. The lowest BCUT2D eigenvalue weighted by molar-refractivity contribution is 1.07. The molecule has 0 spiro atoms. The van der Waals surface area contributed by atoms with E-state index in [2.05, 4.69) is 24.3 Å². The van der Waals surface area contributed by atoms with Crippen LogP contribution in [0.3, 0.4) is 0 Å². The molecule has 0 atom stereocenters. The summed E-state index contributed by atoms with van der Waals surface area (Å²) in [4.78, 5) is 15.2. The van der Waals surface area contributed by atoms with Gasteiger partial charge < -0.3 is 4.57 Å². The molecule has 0 saturated heterocycles. The third-order valence-corrected chi connectivity index (χ3v) is 9.71. The molecule has 0 bridgehead atoms. The van der Waals surface area contributed by atoms with Crippen LogP contribution in [0.25, 0.3) is 95.0 Å².